The Hall–Kier alpha value is -3.35. The zero-order valence-electron chi connectivity index (χ0n) is 57.1. The number of nitrogens with one attached hydrogen (secondary N) is 1. The van der Waals surface area contributed by atoms with E-state index in [1.165, 1.54) is 128 Å². The van der Waals surface area contributed by atoms with Gasteiger partial charge in [0.05, 0.1) is 32.0 Å². The fourth-order valence-electron chi connectivity index (χ4n) is 11.5. The van der Waals surface area contributed by atoms with Gasteiger partial charge in [-0.15, -0.1) is 0 Å². The third kappa shape index (κ3) is 44.1. The Kier molecular flexibility index (Phi) is 55.5. The quantitative estimate of drug-likeness (QED) is 0.0204. The van der Waals surface area contributed by atoms with Gasteiger partial charge in [-0.3, -0.25) is 4.79 Å². The van der Waals surface area contributed by atoms with E-state index in [2.05, 4.69) is 129 Å². The van der Waals surface area contributed by atoms with Crippen LogP contribution in [0.25, 0.3) is 0 Å². The minimum Gasteiger partial charge on any atom is -0.394 e. The van der Waals surface area contributed by atoms with Gasteiger partial charge in [0.15, 0.2) is 12.6 Å². The third-order valence-electron chi connectivity index (χ3n) is 17.3. The molecule has 0 aromatic heterocycles. The van der Waals surface area contributed by atoms with Gasteiger partial charge < -0.3 is 65.1 Å². The van der Waals surface area contributed by atoms with Crippen LogP contribution in [0, 0.1) is 0 Å². The maximum Gasteiger partial charge on any atom is 0.220 e. The first-order valence-corrected chi connectivity index (χ1v) is 36.6. The summed E-state index contributed by atoms with van der Waals surface area (Å²) in [5.74, 6) is -0.227. The summed E-state index contributed by atoms with van der Waals surface area (Å²) in [4.78, 5) is 13.4. The maximum absolute atomic E-state index is 13.4. The number of rotatable bonds is 59. The molecule has 2 saturated heterocycles. The normalized spacial score (nSPS) is 23.5. The third-order valence-corrected chi connectivity index (χ3v) is 17.3. The van der Waals surface area contributed by atoms with Crippen molar-refractivity contribution >= 4 is 5.91 Å². The average molecular weight is 1280 g/mol. The van der Waals surface area contributed by atoms with Crippen LogP contribution >= 0.6 is 0 Å². The second-order valence-electron chi connectivity index (χ2n) is 25.3. The first-order valence-electron chi connectivity index (χ1n) is 36.6. The monoisotopic (exact) mass is 1280 g/mol. The van der Waals surface area contributed by atoms with Crippen molar-refractivity contribution in [3.8, 4) is 0 Å². The molecule has 524 valence electrons. The number of allylic oxidation sites excluding steroid dienone is 18. The number of aliphatic hydroxyl groups is 8. The van der Waals surface area contributed by atoms with Gasteiger partial charge in [-0.25, -0.2) is 0 Å². The van der Waals surface area contributed by atoms with Crippen molar-refractivity contribution in [2.45, 2.75) is 351 Å². The Balaban J connectivity index is 1.68. The molecule has 0 bridgehead atoms. The van der Waals surface area contributed by atoms with Gasteiger partial charge in [-0.2, -0.15) is 0 Å². The smallest absolute Gasteiger partial charge is 0.220 e. The van der Waals surface area contributed by atoms with Gasteiger partial charge in [-0.1, -0.05) is 297 Å². The molecule has 14 nitrogen and oxygen atoms in total. The maximum atomic E-state index is 13.4. The van der Waals surface area contributed by atoms with Crippen LogP contribution in [-0.2, 0) is 23.7 Å². The number of ether oxygens (including phenoxy) is 4. The van der Waals surface area contributed by atoms with Gasteiger partial charge in [0.2, 0.25) is 5.91 Å². The highest BCUT2D eigenvalue weighted by Crippen LogP contribution is 2.30. The van der Waals surface area contributed by atoms with E-state index in [0.717, 1.165) is 116 Å². The van der Waals surface area contributed by atoms with Gasteiger partial charge in [0.25, 0.3) is 0 Å². The van der Waals surface area contributed by atoms with E-state index >= 15 is 0 Å². The predicted octanol–water partition coefficient (Wildman–Crippen LogP) is 15.5. The van der Waals surface area contributed by atoms with E-state index in [1.807, 2.05) is 0 Å². The van der Waals surface area contributed by atoms with Gasteiger partial charge in [-0.05, 0) is 83.5 Å². The van der Waals surface area contributed by atoms with Crippen LogP contribution in [0.4, 0.5) is 0 Å². The molecule has 0 aliphatic carbocycles. The summed E-state index contributed by atoms with van der Waals surface area (Å²) in [5, 5.41) is 87.7. The first-order chi connectivity index (χ1) is 44.6. The summed E-state index contributed by atoms with van der Waals surface area (Å²) < 4.78 is 22.9. The number of hydrogen-bond acceptors (Lipinski definition) is 13. The molecule has 0 aromatic rings. The van der Waals surface area contributed by atoms with E-state index in [0.29, 0.717) is 12.8 Å². The van der Waals surface area contributed by atoms with Crippen molar-refractivity contribution in [2.24, 2.45) is 0 Å². The molecule has 0 radical (unpaired) electrons. The Morgan fingerprint density at radius 3 is 1.16 bits per heavy atom. The second-order valence-corrected chi connectivity index (χ2v) is 25.3. The molecular formula is C77H133NO13. The van der Waals surface area contributed by atoms with Crippen LogP contribution in [-0.4, -0.2) is 140 Å². The molecule has 9 N–H and O–H groups in total. The SMILES string of the molecule is CC/C=C\C/C=C\C/C=C\C/C=C\C/C=C\C/C=C\C/C=C\C/C=C\C/C=C\CCCCCCCC(=O)NC(COC1OC(CO)C(OC2OC(CO)C(O)C(O)C2O)C(O)C1O)C(O)CCCCCCCCCCCCCCCCCCCCCCCCCC. The number of amides is 1. The minimum atomic E-state index is -1.79. The summed E-state index contributed by atoms with van der Waals surface area (Å²) >= 11 is 0. The highest BCUT2D eigenvalue weighted by molar-refractivity contribution is 5.76. The van der Waals surface area contributed by atoms with Crippen LogP contribution in [0.2, 0.25) is 0 Å². The topological polar surface area (TPSA) is 228 Å². The molecule has 12 unspecified atom stereocenters. The summed E-state index contributed by atoms with van der Waals surface area (Å²) in [6, 6.07) is -0.849. The fourth-order valence-corrected chi connectivity index (χ4v) is 11.5. The number of carbonyl (C=O) groups is 1. The molecule has 14 heteroatoms. The van der Waals surface area contributed by atoms with E-state index < -0.39 is 86.8 Å². The predicted molar refractivity (Wildman–Crippen MR) is 373 cm³/mol. The van der Waals surface area contributed by atoms with Crippen molar-refractivity contribution in [3.63, 3.8) is 0 Å². The van der Waals surface area contributed by atoms with Crippen LogP contribution in [0.1, 0.15) is 277 Å². The van der Waals surface area contributed by atoms with Crippen molar-refractivity contribution in [3.05, 3.63) is 109 Å². The van der Waals surface area contributed by atoms with Crippen LogP contribution in [0.15, 0.2) is 109 Å². The van der Waals surface area contributed by atoms with E-state index in [1.54, 1.807) is 0 Å². The average Bonchev–Trinajstić information content (AvgIpc) is 1.28. The standard InChI is InChI=1S/C77H133NO13/c1-3-5-7-9-11-13-15-17-19-21-23-25-27-29-30-31-32-33-34-35-36-37-39-41-43-45-47-49-51-53-55-57-59-61-69(82)78-65(64-88-76-74(87)72(85)75(68(63-80)90-76)91-77-73(86)71(84)70(83)67(62-79)89-77)66(81)60-58-56-54-52-50-48-46-44-42-40-38-28-26-24-22-20-18-16-14-12-10-8-6-4-2/h5,7,11,13,17,19,23,25,29-30,32-33,35-36,39,41,45,47,65-68,70-77,79-81,83-87H,3-4,6,8-10,12,14-16,18,20-22,24,26-28,31,34,37-38,40,42-44,46,48-64H2,1-2H3,(H,78,82)/b7-5-,13-11-,19-17-,25-23-,30-29-,33-32-,36-35-,41-39-,47-45-. The van der Waals surface area contributed by atoms with Gasteiger partial charge in [0, 0.05) is 6.42 Å². The lowest BCUT2D eigenvalue weighted by atomic mass is 9.97. The Labute approximate surface area is 553 Å². The zero-order valence-corrected chi connectivity index (χ0v) is 57.1. The van der Waals surface area contributed by atoms with E-state index in [-0.39, 0.29) is 18.9 Å². The lowest BCUT2D eigenvalue weighted by Crippen LogP contribution is -2.65. The number of hydrogen-bond donors (Lipinski definition) is 9. The van der Waals surface area contributed by atoms with Crippen molar-refractivity contribution in [1.29, 1.82) is 0 Å². The van der Waals surface area contributed by atoms with Crippen LogP contribution < -0.4 is 5.32 Å². The Bertz CT molecular complexity index is 1950. The Morgan fingerprint density at radius 1 is 0.407 bits per heavy atom. The summed E-state index contributed by atoms with van der Waals surface area (Å²) in [5.41, 5.74) is 0. The molecule has 91 heavy (non-hydrogen) atoms. The number of carbonyl (C=O) groups excluding carboxylic acids is 1. The molecule has 12 atom stereocenters. The van der Waals surface area contributed by atoms with Crippen molar-refractivity contribution in [2.75, 3.05) is 19.8 Å². The van der Waals surface area contributed by atoms with Gasteiger partial charge >= 0.3 is 0 Å². The molecule has 0 aromatic carbocycles. The minimum absolute atomic E-state index is 0.227. The van der Waals surface area contributed by atoms with Crippen LogP contribution in [0.3, 0.4) is 0 Å². The molecule has 2 rings (SSSR count). The summed E-state index contributed by atoms with van der Waals surface area (Å²) in [7, 11) is 0. The highest BCUT2D eigenvalue weighted by Gasteiger charge is 2.51. The fraction of sp³-hybridized carbons (Fsp3) is 0.753. The van der Waals surface area contributed by atoms with E-state index in [4.69, 9.17) is 18.9 Å². The van der Waals surface area contributed by atoms with Crippen molar-refractivity contribution < 1.29 is 64.6 Å². The molecule has 2 aliphatic heterocycles. The Morgan fingerprint density at radius 2 is 0.758 bits per heavy atom. The molecule has 0 spiro atoms. The zero-order chi connectivity index (χ0) is 65.9. The second kappa shape index (κ2) is 60.3. The highest BCUT2D eigenvalue weighted by atomic mass is 16.7. The lowest BCUT2D eigenvalue weighted by Gasteiger charge is -2.46. The van der Waals surface area contributed by atoms with E-state index in [9.17, 15) is 45.6 Å². The molecule has 0 saturated carbocycles. The molecule has 2 heterocycles. The number of aliphatic hydroxyl groups excluding tert-OH is 8. The largest absolute Gasteiger partial charge is 0.394 e. The van der Waals surface area contributed by atoms with Crippen molar-refractivity contribution in [1.82, 2.24) is 5.32 Å². The molecule has 1 amide bonds. The summed E-state index contributed by atoms with van der Waals surface area (Å²) in [6.45, 7) is 2.76. The first kappa shape index (κ1) is 83.7. The summed E-state index contributed by atoms with van der Waals surface area (Å²) in [6.07, 6.45) is 69.5. The van der Waals surface area contributed by atoms with Gasteiger partial charge in [0.1, 0.15) is 48.8 Å². The molecule has 2 aliphatic rings. The number of unbranched alkanes of at least 4 members (excludes halogenated alkanes) is 28. The molecule has 2 fully saturated rings. The molecular weight excluding hydrogens is 1150 g/mol. The van der Waals surface area contributed by atoms with Crippen LogP contribution in [0.5, 0.6) is 0 Å². The lowest BCUT2D eigenvalue weighted by molar-refractivity contribution is -0.359.